The van der Waals surface area contributed by atoms with E-state index in [1.165, 1.54) is 20.7 Å². The van der Waals surface area contributed by atoms with Gasteiger partial charge in [0.1, 0.15) is 28.5 Å². The zero-order valence-electron chi connectivity index (χ0n) is 28.1. The summed E-state index contributed by atoms with van der Waals surface area (Å²) >= 11 is 0. The third-order valence-corrected chi connectivity index (χ3v) is 14.9. The Morgan fingerprint density at radius 3 is 1.92 bits per heavy atom. The van der Waals surface area contributed by atoms with Crippen LogP contribution in [0.1, 0.15) is 0 Å². The van der Waals surface area contributed by atoms with Crippen molar-refractivity contribution in [2.24, 2.45) is 0 Å². The van der Waals surface area contributed by atoms with Crippen molar-refractivity contribution in [3.63, 3.8) is 0 Å². The molecule has 1 aliphatic heterocycles. The molecule has 0 aliphatic carbocycles. The van der Waals surface area contributed by atoms with Gasteiger partial charge in [0, 0.05) is 40.5 Å². The number of rotatable bonds is 6. The second-order valence-corrected chi connectivity index (χ2v) is 16.7. The predicted octanol–water partition coefficient (Wildman–Crippen LogP) is 9.00. The summed E-state index contributed by atoms with van der Waals surface area (Å²) in [5.41, 5.74) is 5.76. The lowest BCUT2D eigenvalue weighted by Crippen LogP contribution is -2.77. The molecule has 0 saturated heterocycles. The zero-order chi connectivity index (χ0) is 34.5. The van der Waals surface area contributed by atoms with Crippen molar-refractivity contribution in [3.8, 4) is 22.8 Å². The second-order valence-electron chi connectivity index (χ2n) is 13.0. The molecule has 0 saturated carbocycles. The van der Waals surface area contributed by atoms with Gasteiger partial charge in [0.05, 0.1) is 11.4 Å². The van der Waals surface area contributed by atoms with Crippen LogP contribution in [-0.2, 0) is 0 Å². The molecule has 6 heteroatoms. The Kier molecular flexibility index (Phi) is 7.08. The van der Waals surface area contributed by atoms with Gasteiger partial charge >= 0.3 is 0 Å². The second kappa shape index (κ2) is 12.2. The lowest BCUT2D eigenvalue weighted by Gasteiger charge is -2.44. The molecule has 10 rings (SSSR count). The largest absolute Gasteiger partial charge is 0.457 e. The maximum Gasteiger partial charge on any atom is 0.184 e. The van der Waals surface area contributed by atoms with Crippen LogP contribution in [0.5, 0.6) is 11.5 Å². The Balaban J connectivity index is 1.27. The van der Waals surface area contributed by atoms with E-state index in [2.05, 4.69) is 125 Å². The molecule has 9 aromatic rings. The van der Waals surface area contributed by atoms with E-state index in [1.54, 1.807) is 0 Å². The zero-order valence-corrected chi connectivity index (χ0v) is 29.1. The summed E-state index contributed by atoms with van der Waals surface area (Å²) in [4.78, 5) is 11.8. The molecule has 0 unspecified atom stereocenters. The molecule has 0 N–H and O–H groups in total. The Morgan fingerprint density at radius 2 is 1.17 bits per heavy atom. The van der Waals surface area contributed by atoms with Crippen LogP contribution in [0.2, 0.25) is 0 Å². The summed E-state index contributed by atoms with van der Waals surface area (Å²) in [6, 6.07) is 61.6. The third-order valence-electron chi connectivity index (χ3n) is 10.1. The highest BCUT2D eigenvalue weighted by Gasteiger charge is 2.49. The average molecular weight is 686 g/mol. The van der Waals surface area contributed by atoms with Gasteiger partial charge in [-0.2, -0.15) is 0 Å². The maximum absolute atomic E-state index is 6.70. The van der Waals surface area contributed by atoms with E-state index >= 15 is 0 Å². The summed E-state index contributed by atoms with van der Waals surface area (Å²) in [5.74, 6) is 2.31. The summed E-state index contributed by atoms with van der Waals surface area (Å²) in [6.45, 7) is 0. The van der Waals surface area contributed by atoms with E-state index in [4.69, 9.17) is 14.1 Å². The smallest absolute Gasteiger partial charge is 0.184 e. The molecular weight excluding hydrogens is 655 g/mol. The van der Waals surface area contributed by atoms with Crippen molar-refractivity contribution >= 4 is 68.0 Å². The molecule has 0 atom stereocenters. The van der Waals surface area contributed by atoms with Crippen molar-refractivity contribution in [2.75, 3.05) is 4.90 Å². The van der Waals surface area contributed by atoms with Crippen LogP contribution in [-0.4, -0.2) is 18.0 Å². The molecule has 3 aromatic heterocycles. The molecule has 0 spiro atoms. The Labute approximate surface area is 302 Å². The molecular formula is C46H31N3O2Si. The first-order valence-corrected chi connectivity index (χ1v) is 19.4. The van der Waals surface area contributed by atoms with E-state index in [0.717, 1.165) is 61.9 Å². The fraction of sp³-hybridized carbons (Fsp3) is 0. The van der Waals surface area contributed by atoms with E-state index < -0.39 is 8.07 Å². The molecule has 1 aliphatic rings. The maximum atomic E-state index is 6.70. The van der Waals surface area contributed by atoms with Crippen molar-refractivity contribution in [1.82, 2.24) is 9.97 Å². The van der Waals surface area contributed by atoms with Gasteiger partial charge in [-0.15, -0.1) is 0 Å². The highest BCUT2D eigenvalue weighted by Crippen LogP contribution is 2.42. The molecule has 246 valence electrons. The number of hydrogen-bond donors (Lipinski definition) is 0. The van der Waals surface area contributed by atoms with E-state index in [9.17, 15) is 0 Å². The van der Waals surface area contributed by atoms with Gasteiger partial charge in [-0.1, -0.05) is 109 Å². The quantitative estimate of drug-likeness (QED) is 0.164. The first-order chi connectivity index (χ1) is 25.8. The SMILES string of the molecule is c1ccc([Si]2(c3ccccc3)c3ccc(Oc4cccc(-c5ccccn5)c4)cc3N(c3ccccn3)c3cc4c(cc32)oc2ccccc24)cc1. The van der Waals surface area contributed by atoms with Gasteiger partial charge in [-0.3, -0.25) is 9.88 Å². The number of fused-ring (bicyclic) bond motifs is 5. The number of furan rings is 1. The summed E-state index contributed by atoms with van der Waals surface area (Å²) in [7, 11) is -2.98. The Bertz CT molecular complexity index is 2680. The van der Waals surface area contributed by atoms with Crippen molar-refractivity contribution < 1.29 is 9.15 Å². The minimum Gasteiger partial charge on any atom is -0.457 e. The van der Waals surface area contributed by atoms with Gasteiger partial charge in [0.25, 0.3) is 0 Å². The monoisotopic (exact) mass is 685 g/mol. The number of pyridine rings is 2. The minimum atomic E-state index is -2.98. The number of hydrogen-bond acceptors (Lipinski definition) is 5. The number of ether oxygens (including phenoxy) is 1. The molecule has 0 amide bonds. The first-order valence-electron chi connectivity index (χ1n) is 17.4. The third kappa shape index (κ3) is 4.76. The number of nitrogens with zero attached hydrogens (tertiary/aromatic N) is 3. The fourth-order valence-corrected chi connectivity index (χ4v) is 13.0. The Morgan fingerprint density at radius 1 is 0.481 bits per heavy atom. The molecule has 6 aromatic carbocycles. The van der Waals surface area contributed by atoms with Gasteiger partial charge < -0.3 is 9.15 Å². The molecule has 0 bridgehead atoms. The van der Waals surface area contributed by atoms with Crippen LogP contribution in [0.3, 0.4) is 0 Å². The standard InChI is InChI=1S/C46H31N3O2Si/c1-3-16-35(17-4-1)52(36-18-5-2-6-19-36)44-25-24-34(50-33-15-13-14-32(28-33)39-21-9-11-26-47-39)29-40(44)49(46-23-10-12-27-48-46)41-30-38-37-20-7-8-22-42(37)51-43(38)31-45(41)52/h1-31H. The van der Waals surface area contributed by atoms with Crippen molar-refractivity contribution in [3.05, 3.63) is 188 Å². The van der Waals surface area contributed by atoms with Crippen LogP contribution < -0.4 is 30.4 Å². The fourth-order valence-electron chi connectivity index (χ4n) is 7.88. The van der Waals surface area contributed by atoms with E-state index in [1.807, 2.05) is 73.1 Å². The van der Waals surface area contributed by atoms with Gasteiger partial charge in [-0.25, -0.2) is 4.98 Å². The van der Waals surface area contributed by atoms with Crippen LogP contribution >= 0.6 is 0 Å². The number of aromatic nitrogens is 2. The Hall–Kier alpha value is -6.76. The van der Waals surface area contributed by atoms with Crippen LogP contribution in [0.4, 0.5) is 17.2 Å². The van der Waals surface area contributed by atoms with Crippen molar-refractivity contribution in [2.45, 2.75) is 0 Å². The summed E-state index contributed by atoms with van der Waals surface area (Å²) in [6.07, 6.45) is 3.67. The average Bonchev–Trinajstić information content (AvgIpc) is 3.58. The molecule has 4 heterocycles. The molecule has 5 nitrogen and oxygen atoms in total. The number of benzene rings is 6. The van der Waals surface area contributed by atoms with Gasteiger partial charge in [0.15, 0.2) is 8.07 Å². The lowest BCUT2D eigenvalue weighted by molar-refractivity contribution is 0.483. The normalized spacial score (nSPS) is 13.1. The first kappa shape index (κ1) is 30.1. The predicted molar refractivity (Wildman–Crippen MR) is 213 cm³/mol. The van der Waals surface area contributed by atoms with Gasteiger partial charge in [-0.05, 0) is 81.4 Å². The molecule has 52 heavy (non-hydrogen) atoms. The summed E-state index contributed by atoms with van der Waals surface area (Å²) < 4.78 is 13.3. The highest BCUT2D eigenvalue weighted by molar-refractivity contribution is 7.21. The van der Waals surface area contributed by atoms with Crippen molar-refractivity contribution in [1.29, 1.82) is 0 Å². The number of anilines is 3. The van der Waals surface area contributed by atoms with E-state index in [-0.39, 0.29) is 0 Å². The van der Waals surface area contributed by atoms with Crippen LogP contribution in [0.15, 0.2) is 193 Å². The lowest BCUT2D eigenvalue weighted by atomic mass is 10.1. The summed E-state index contributed by atoms with van der Waals surface area (Å²) in [5, 5.41) is 7.22. The van der Waals surface area contributed by atoms with Crippen LogP contribution in [0, 0.1) is 0 Å². The molecule has 0 fully saturated rings. The van der Waals surface area contributed by atoms with Crippen LogP contribution in [0.25, 0.3) is 33.2 Å². The van der Waals surface area contributed by atoms with Gasteiger partial charge in [0.2, 0.25) is 0 Å². The molecule has 0 radical (unpaired) electrons. The topological polar surface area (TPSA) is 51.4 Å². The number of para-hydroxylation sites is 1. The highest BCUT2D eigenvalue weighted by atomic mass is 28.3. The van der Waals surface area contributed by atoms with E-state index in [0.29, 0.717) is 0 Å². The minimum absolute atomic E-state index is 0.736.